The molecule has 6 fully saturated rings. The van der Waals surface area contributed by atoms with E-state index < -0.39 is 47.3 Å². The number of para-hydroxylation sites is 2. The number of alkyl halides is 7. The summed E-state index contributed by atoms with van der Waals surface area (Å²) in [5.74, 6) is 0.174. The second-order valence-corrected chi connectivity index (χ2v) is 19.3. The van der Waals surface area contributed by atoms with E-state index in [2.05, 4.69) is 56.1 Å². The van der Waals surface area contributed by atoms with Crippen LogP contribution in [0.2, 0.25) is 0 Å². The average molecular weight is 1100 g/mol. The smallest absolute Gasteiger partial charge is 0.416 e. The average Bonchev–Trinajstić information content (AvgIpc) is 3.36. The number of halogens is 10. The third-order valence-electron chi connectivity index (χ3n) is 15.0. The van der Waals surface area contributed by atoms with Crippen LogP contribution >= 0.6 is 15.9 Å². The zero-order valence-electron chi connectivity index (χ0n) is 38.1. The molecule has 0 aliphatic carbocycles. The summed E-state index contributed by atoms with van der Waals surface area (Å²) in [5.41, 5.74) is 2.05. The number of rotatable bonds is 9. The third kappa shape index (κ3) is 11.2. The molecule has 4 bridgehead atoms. The summed E-state index contributed by atoms with van der Waals surface area (Å²) in [6.45, 7) is 11.7. The van der Waals surface area contributed by atoms with Crippen molar-refractivity contribution in [2.45, 2.75) is 74.2 Å². The topological polar surface area (TPSA) is 69.5 Å². The molecule has 372 valence electrons. The number of fused-ring (bicyclic) bond motifs is 8. The number of nitrogens with zero attached hydrogens (tertiary/aromatic N) is 4. The first-order valence-electron chi connectivity index (χ1n) is 23.1. The van der Waals surface area contributed by atoms with Crippen molar-refractivity contribution >= 4 is 37.7 Å². The third-order valence-corrected chi connectivity index (χ3v) is 15.6. The van der Waals surface area contributed by atoms with Crippen LogP contribution in [0.15, 0.2) is 135 Å². The fourth-order valence-electron chi connectivity index (χ4n) is 11.3. The highest BCUT2D eigenvalue weighted by atomic mass is 79.9. The van der Waals surface area contributed by atoms with Gasteiger partial charge in [0.25, 0.3) is 0 Å². The highest BCUT2D eigenvalue weighted by Gasteiger charge is 2.54. The van der Waals surface area contributed by atoms with Gasteiger partial charge in [0.15, 0.2) is 0 Å². The molecule has 6 saturated heterocycles. The van der Waals surface area contributed by atoms with E-state index in [0.29, 0.717) is 40.9 Å². The molecule has 0 spiro atoms. The summed E-state index contributed by atoms with van der Waals surface area (Å²) in [5, 5.41) is 24.9. The number of aliphatic hydroxyl groups excluding tert-OH is 2. The summed E-state index contributed by atoms with van der Waals surface area (Å²) >= 11 is 2.96. The molecule has 16 heteroatoms. The normalized spacial score (nSPS) is 25.7. The fraction of sp³-hybridized carbons (Fsp3) is 0.370. The number of pyridine rings is 2. The summed E-state index contributed by atoms with van der Waals surface area (Å²) in [6.07, 6.45) is 1.16. The summed E-state index contributed by atoms with van der Waals surface area (Å²) in [6, 6.07) is 24.8. The molecule has 8 heterocycles. The van der Waals surface area contributed by atoms with Crippen LogP contribution in [0.3, 0.4) is 0 Å². The van der Waals surface area contributed by atoms with E-state index in [1.54, 1.807) is 6.20 Å². The standard InChI is InChI=1S/C27H27F4N2O.C19H22N2O.C8H5BrF4.BrH/c1-2-17-15-33(16-19-7-8-20(14-23(19)28)27(29,30)31)12-10-18(17)13-25(33)26(34)22-9-11-32-24-6-4-3-5-21(22)24;1-2-13-12-21-10-8-14(13)11-18(21)19(22)16-7-9-20-17-6-4-3-5-15(16)17;9-4-5-1-2-6(3-7(5)10)8(11,12)13;/h2-9,11,14,17-18,25-26,34H,1,10,12-13,15-16H2;2-7,9,13-14,18-19,22H,1,8,10-12H2;1-3H,4H2;1H/q+1;;;/p-1/t17?,18?,25-,26+,33+;13?,14?,18?,19-;;/m10../s1. The van der Waals surface area contributed by atoms with Crippen LogP contribution < -0.4 is 17.0 Å². The number of benzene rings is 4. The number of hydrogen-bond acceptors (Lipinski definition) is 5. The van der Waals surface area contributed by atoms with Gasteiger partial charge >= 0.3 is 12.4 Å². The van der Waals surface area contributed by atoms with Crippen LogP contribution in [-0.4, -0.2) is 67.8 Å². The lowest BCUT2D eigenvalue weighted by Crippen LogP contribution is -3.00. The van der Waals surface area contributed by atoms with Crippen molar-refractivity contribution in [3.8, 4) is 0 Å². The Bertz CT molecular complexity index is 2780. The lowest BCUT2D eigenvalue weighted by molar-refractivity contribution is -0.985. The molecule has 4 aromatic carbocycles. The minimum Gasteiger partial charge on any atom is -1.00 e. The second kappa shape index (κ2) is 22.0. The Morgan fingerprint density at radius 2 is 1.23 bits per heavy atom. The molecule has 0 saturated carbocycles. The fourth-order valence-corrected chi connectivity index (χ4v) is 11.7. The minimum atomic E-state index is -4.59. The van der Waals surface area contributed by atoms with Gasteiger partial charge in [0.1, 0.15) is 30.3 Å². The Morgan fingerprint density at radius 3 is 1.73 bits per heavy atom. The van der Waals surface area contributed by atoms with E-state index in [1.165, 1.54) is 12.5 Å². The van der Waals surface area contributed by atoms with Crippen molar-refractivity contribution in [3.63, 3.8) is 0 Å². The summed E-state index contributed by atoms with van der Waals surface area (Å²) < 4.78 is 103. The Balaban J connectivity index is 0.000000171. The molecule has 10 atom stereocenters. The molecule has 6 aromatic rings. The van der Waals surface area contributed by atoms with Gasteiger partial charge in [0, 0.05) is 65.4 Å². The molecule has 6 nitrogen and oxygen atoms in total. The predicted molar refractivity (Wildman–Crippen MR) is 255 cm³/mol. The second-order valence-electron chi connectivity index (χ2n) is 18.7. The van der Waals surface area contributed by atoms with Crippen molar-refractivity contribution < 1.29 is 66.8 Å². The highest BCUT2D eigenvalue weighted by molar-refractivity contribution is 9.08. The zero-order valence-corrected chi connectivity index (χ0v) is 41.3. The summed E-state index contributed by atoms with van der Waals surface area (Å²) in [4.78, 5) is 11.3. The van der Waals surface area contributed by atoms with Gasteiger partial charge in [-0.05, 0) is 108 Å². The van der Waals surface area contributed by atoms with Crippen LogP contribution in [-0.2, 0) is 24.2 Å². The quantitative estimate of drug-likeness (QED) is 0.0654. The monoisotopic (exact) mass is 1100 g/mol. The SMILES string of the molecule is C=CC1CN2CCC1CC2[C@@H](O)c1ccnc2ccccc12.C=CC1C[N@+]2(Cc3ccc(C(F)(F)F)cc3F)CCC1C[C@@H]2[C@@H](O)c1ccnc2ccccc12.Fc1cc(C(F)(F)F)ccc1CBr.[Br-]. The number of aliphatic hydroxyl groups is 2. The maximum Gasteiger partial charge on any atom is 0.416 e. The molecular weight excluding hydrogens is 1050 g/mol. The number of piperidine rings is 6. The molecule has 6 unspecified atom stereocenters. The first-order valence-corrected chi connectivity index (χ1v) is 24.2. The van der Waals surface area contributed by atoms with Gasteiger partial charge in [-0.1, -0.05) is 70.5 Å². The van der Waals surface area contributed by atoms with Gasteiger partial charge in [-0.15, -0.1) is 13.2 Å². The molecule has 0 radical (unpaired) electrons. The van der Waals surface area contributed by atoms with E-state index in [1.807, 2.05) is 66.9 Å². The Morgan fingerprint density at radius 1 is 0.700 bits per heavy atom. The molecular formula is C54H54Br2F8N4O2. The minimum absolute atomic E-state index is 0. The highest BCUT2D eigenvalue weighted by Crippen LogP contribution is 2.49. The maximum atomic E-state index is 14.9. The first-order chi connectivity index (χ1) is 32.9. The predicted octanol–water partition coefficient (Wildman–Crippen LogP) is 9.95. The summed E-state index contributed by atoms with van der Waals surface area (Å²) in [7, 11) is 0. The Labute approximate surface area is 421 Å². The van der Waals surface area contributed by atoms with Crippen molar-refractivity contribution in [1.29, 1.82) is 0 Å². The van der Waals surface area contributed by atoms with Gasteiger partial charge < -0.3 is 31.7 Å². The van der Waals surface area contributed by atoms with Gasteiger partial charge in [0.2, 0.25) is 0 Å². The molecule has 2 aromatic heterocycles. The van der Waals surface area contributed by atoms with Crippen molar-refractivity contribution in [3.05, 3.63) is 180 Å². The number of hydrogen-bond donors (Lipinski definition) is 2. The van der Waals surface area contributed by atoms with Crippen LogP contribution in [0.25, 0.3) is 21.8 Å². The van der Waals surface area contributed by atoms with E-state index in [9.17, 15) is 45.3 Å². The van der Waals surface area contributed by atoms with Gasteiger partial charge in [0.05, 0.1) is 41.4 Å². The molecule has 0 amide bonds. The van der Waals surface area contributed by atoms with Gasteiger partial charge in [-0.25, -0.2) is 8.78 Å². The van der Waals surface area contributed by atoms with Crippen LogP contribution in [0.4, 0.5) is 35.1 Å². The van der Waals surface area contributed by atoms with Gasteiger partial charge in [-0.3, -0.25) is 14.9 Å². The van der Waals surface area contributed by atoms with E-state index in [0.717, 1.165) is 90.0 Å². The van der Waals surface area contributed by atoms with Gasteiger partial charge in [-0.2, -0.15) is 26.3 Å². The number of quaternary nitrogens is 1. The van der Waals surface area contributed by atoms with E-state index >= 15 is 0 Å². The number of aromatic nitrogens is 2. The molecule has 6 aliphatic rings. The zero-order chi connectivity index (χ0) is 49.3. The lowest BCUT2D eigenvalue weighted by Gasteiger charge is -2.58. The molecule has 6 aliphatic heterocycles. The van der Waals surface area contributed by atoms with E-state index in [4.69, 9.17) is 0 Å². The van der Waals surface area contributed by atoms with Crippen molar-refractivity contribution in [1.82, 2.24) is 14.9 Å². The Hall–Kier alpha value is -4.58. The molecule has 70 heavy (non-hydrogen) atoms. The van der Waals surface area contributed by atoms with Crippen LogP contribution in [0.1, 0.15) is 71.3 Å². The lowest BCUT2D eigenvalue weighted by atomic mass is 9.71. The molecule has 2 N–H and O–H groups in total. The largest absolute Gasteiger partial charge is 1.00 e. The van der Waals surface area contributed by atoms with Crippen molar-refractivity contribution in [2.75, 3.05) is 26.2 Å². The maximum absolute atomic E-state index is 14.9. The van der Waals surface area contributed by atoms with E-state index in [-0.39, 0.29) is 58.0 Å². The van der Waals surface area contributed by atoms with Crippen LogP contribution in [0, 0.1) is 35.3 Å². The molecule has 12 rings (SSSR count). The van der Waals surface area contributed by atoms with Crippen molar-refractivity contribution in [2.24, 2.45) is 23.7 Å². The van der Waals surface area contributed by atoms with Crippen LogP contribution in [0.5, 0.6) is 0 Å². The first kappa shape index (κ1) is 53.2. The Kier molecular flexibility index (Phi) is 16.8.